The fourth-order valence-electron chi connectivity index (χ4n) is 1.57. The molecule has 2 aromatic rings. The molecule has 0 aliphatic rings. The van der Waals surface area contributed by atoms with E-state index in [1.165, 1.54) is 16.2 Å². The maximum Gasteiger partial charge on any atom is 0.269 e. The molecule has 0 fully saturated rings. The quantitative estimate of drug-likeness (QED) is 0.872. The maximum absolute atomic E-state index is 12.2. The van der Waals surface area contributed by atoms with Gasteiger partial charge in [0.1, 0.15) is 9.87 Å². The molecule has 4 nitrogen and oxygen atoms in total. The van der Waals surface area contributed by atoms with E-state index in [1.54, 1.807) is 24.8 Å². The highest BCUT2D eigenvalue weighted by molar-refractivity contribution is 7.80. The van der Waals surface area contributed by atoms with Crippen molar-refractivity contribution in [3.05, 3.63) is 46.4 Å². The molecule has 1 amide bonds. The number of nitrogens with two attached hydrogens (primary N) is 1. The Kier molecular flexibility index (Phi) is 3.69. The van der Waals surface area contributed by atoms with Crippen molar-refractivity contribution in [1.29, 1.82) is 0 Å². The van der Waals surface area contributed by atoms with Gasteiger partial charge >= 0.3 is 0 Å². The number of thiocarbonyl (C=S) groups is 1. The molecule has 2 rings (SSSR count). The fraction of sp³-hybridized carbons (Fsp3) is 0.0833. The zero-order chi connectivity index (χ0) is 13.1. The van der Waals surface area contributed by atoms with Gasteiger partial charge in [-0.3, -0.25) is 9.78 Å². The van der Waals surface area contributed by atoms with Gasteiger partial charge in [0.25, 0.3) is 5.91 Å². The van der Waals surface area contributed by atoms with Gasteiger partial charge in [0.15, 0.2) is 0 Å². The van der Waals surface area contributed by atoms with Crippen LogP contribution >= 0.6 is 23.6 Å². The molecule has 1 aromatic heterocycles. The van der Waals surface area contributed by atoms with Gasteiger partial charge in [-0.1, -0.05) is 24.4 Å². The van der Waals surface area contributed by atoms with Crippen molar-refractivity contribution in [1.82, 2.24) is 4.98 Å². The number of para-hydroxylation sites is 1. The van der Waals surface area contributed by atoms with Gasteiger partial charge in [-0.2, -0.15) is 0 Å². The molecular weight excluding hydrogens is 266 g/mol. The van der Waals surface area contributed by atoms with E-state index in [9.17, 15) is 4.79 Å². The first kappa shape index (κ1) is 12.7. The molecule has 0 radical (unpaired) electrons. The highest BCUT2D eigenvalue weighted by Gasteiger charge is 2.18. The molecule has 18 heavy (non-hydrogen) atoms. The lowest BCUT2D eigenvalue weighted by atomic mass is 10.1. The first-order valence-electron chi connectivity index (χ1n) is 5.16. The highest BCUT2D eigenvalue weighted by Crippen LogP contribution is 2.21. The second-order valence-corrected chi connectivity index (χ2v) is 4.94. The summed E-state index contributed by atoms with van der Waals surface area (Å²) in [6.07, 6.45) is 1.55. The molecule has 6 heteroatoms. The highest BCUT2D eigenvalue weighted by atomic mass is 32.1. The summed E-state index contributed by atoms with van der Waals surface area (Å²) in [6.45, 7) is 0. The number of hydrogen-bond donors (Lipinski definition) is 1. The SMILES string of the molecule is CN(C(=O)c1cncs1)c1ccccc1C(N)=S. The van der Waals surface area contributed by atoms with Gasteiger partial charge in [0.05, 0.1) is 17.4 Å². The minimum atomic E-state index is -0.124. The van der Waals surface area contributed by atoms with Crippen LogP contribution in [0.2, 0.25) is 0 Å². The first-order chi connectivity index (χ1) is 8.61. The van der Waals surface area contributed by atoms with Crippen molar-refractivity contribution in [2.75, 3.05) is 11.9 Å². The molecule has 2 N–H and O–H groups in total. The summed E-state index contributed by atoms with van der Waals surface area (Å²) in [5, 5.41) is 0. The Bertz CT molecular complexity index is 581. The predicted octanol–water partition coefficient (Wildman–Crippen LogP) is 2.05. The van der Waals surface area contributed by atoms with E-state index in [4.69, 9.17) is 18.0 Å². The Morgan fingerprint density at radius 1 is 1.44 bits per heavy atom. The number of thiazole rings is 1. The van der Waals surface area contributed by atoms with Gasteiger partial charge in [-0.25, -0.2) is 0 Å². The molecule has 0 bridgehead atoms. The van der Waals surface area contributed by atoms with Gasteiger partial charge in [0.2, 0.25) is 0 Å². The molecule has 0 aliphatic heterocycles. The third-order valence-corrected chi connectivity index (χ3v) is 3.46. The number of benzene rings is 1. The monoisotopic (exact) mass is 277 g/mol. The van der Waals surface area contributed by atoms with E-state index in [-0.39, 0.29) is 10.9 Å². The van der Waals surface area contributed by atoms with Crippen LogP contribution in [0.25, 0.3) is 0 Å². The van der Waals surface area contributed by atoms with E-state index in [1.807, 2.05) is 18.2 Å². The van der Waals surface area contributed by atoms with Crippen molar-refractivity contribution < 1.29 is 4.79 Å². The summed E-state index contributed by atoms with van der Waals surface area (Å²) in [7, 11) is 1.69. The number of hydrogen-bond acceptors (Lipinski definition) is 4. The molecule has 1 aromatic carbocycles. The average molecular weight is 277 g/mol. The van der Waals surface area contributed by atoms with Crippen molar-refractivity contribution >= 4 is 40.1 Å². The van der Waals surface area contributed by atoms with Crippen molar-refractivity contribution in [3.63, 3.8) is 0 Å². The minimum absolute atomic E-state index is 0.124. The number of rotatable bonds is 3. The number of anilines is 1. The van der Waals surface area contributed by atoms with E-state index in [0.29, 0.717) is 16.1 Å². The third-order valence-electron chi connectivity index (χ3n) is 2.48. The van der Waals surface area contributed by atoms with Crippen LogP contribution in [0.5, 0.6) is 0 Å². The van der Waals surface area contributed by atoms with Crippen LogP contribution in [0.15, 0.2) is 36.0 Å². The Hall–Kier alpha value is -1.79. The zero-order valence-corrected chi connectivity index (χ0v) is 11.3. The number of aromatic nitrogens is 1. The Morgan fingerprint density at radius 3 is 2.78 bits per heavy atom. The van der Waals surface area contributed by atoms with Crippen LogP contribution in [-0.4, -0.2) is 22.9 Å². The number of amides is 1. The lowest BCUT2D eigenvalue weighted by Gasteiger charge is -2.19. The number of nitrogens with zero attached hydrogens (tertiary/aromatic N) is 2. The van der Waals surface area contributed by atoms with Gasteiger partial charge in [0, 0.05) is 12.6 Å². The summed E-state index contributed by atoms with van der Waals surface area (Å²) >= 11 is 6.29. The standard InChI is InChI=1S/C12H11N3OS2/c1-15(12(16)10-6-14-7-18-10)9-5-3-2-4-8(9)11(13)17/h2-7H,1H3,(H2,13,17). The van der Waals surface area contributed by atoms with E-state index in [0.717, 1.165) is 0 Å². The van der Waals surface area contributed by atoms with E-state index >= 15 is 0 Å². The molecule has 0 saturated heterocycles. The summed E-state index contributed by atoms with van der Waals surface area (Å²) in [6, 6.07) is 7.29. The smallest absolute Gasteiger partial charge is 0.269 e. The Balaban J connectivity index is 2.37. The van der Waals surface area contributed by atoms with Crippen molar-refractivity contribution in [2.45, 2.75) is 0 Å². The number of carbonyl (C=O) groups excluding carboxylic acids is 1. The summed E-state index contributed by atoms with van der Waals surface area (Å²) in [5.41, 5.74) is 8.67. The topological polar surface area (TPSA) is 59.2 Å². The van der Waals surface area contributed by atoms with Crippen LogP contribution in [0.4, 0.5) is 5.69 Å². The summed E-state index contributed by atoms with van der Waals surface area (Å²) in [5.74, 6) is -0.124. The second kappa shape index (κ2) is 5.24. The lowest BCUT2D eigenvalue weighted by Crippen LogP contribution is -2.28. The van der Waals surface area contributed by atoms with E-state index in [2.05, 4.69) is 4.98 Å². The molecule has 0 spiro atoms. The molecule has 92 valence electrons. The Morgan fingerprint density at radius 2 is 2.17 bits per heavy atom. The summed E-state index contributed by atoms with van der Waals surface area (Å²) in [4.78, 5) is 18.5. The average Bonchev–Trinajstić information content (AvgIpc) is 2.90. The van der Waals surface area contributed by atoms with Crippen LogP contribution in [-0.2, 0) is 0 Å². The van der Waals surface area contributed by atoms with Gasteiger partial charge < -0.3 is 10.6 Å². The molecule has 0 atom stereocenters. The van der Waals surface area contributed by atoms with Crippen molar-refractivity contribution in [3.8, 4) is 0 Å². The largest absolute Gasteiger partial charge is 0.389 e. The molecule has 1 heterocycles. The molecular formula is C12H11N3OS2. The van der Waals surface area contributed by atoms with Gasteiger partial charge in [-0.05, 0) is 12.1 Å². The minimum Gasteiger partial charge on any atom is -0.389 e. The van der Waals surface area contributed by atoms with Crippen LogP contribution in [0.1, 0.15) is 15.2 Å². The second-order valence-electron chi connectivity index (χ2n) is 3.61. The predicted molar refractivity (Wildman–Crippen MR) is 77.2 cm³/mol. The normalized spacial score (nSPS) is 10.1. The summed E-state index contributed by atoms with van der Waals surface area (Å²) < 4.78 is 0. The van der Waals surface area contributed by atoms with Crippen LogP contribution in [0.3, 0.4) is 0 Å². The van der Waals surface area contributed by atoms with Gasteiger partial charge in [-0.15, -0.1) is 11.3 Å². The van der Waals surface area contributed by atoms with Crippen LogP contribution in [0, 0.1) is 0 Å². The first-order valence-corrected chi connectivity index (χ1v) is 6.45. The fourth-order valence-corrected chi connectivity index (χ4v) is 2.34. The molecule has 0 unspecified atom stereocenters. The van der Waals surface area contributed by atoms with Crippen molar-refractivity contribution in [2.24, 2.45) is 5.73 Å². The third kappa shape index (κ3) is 2.39. The lowest BCUT2D eigenvalue weighted by molar-refractivity contribution is 0.0996. The number of carbonyl (C=O) groups is 1. The zero-order valence-electron chi connectivity index (χ0n) is 9.66. The Labute approximate surface area is 114 Å². The molecule has 0 aliphatic carbocycles. The van der Waals surface area contributed by atoms with Crippen LogP contribution < -0.4 is 10.6 Å². The van der Waals surface area contributed by atoms with E-state index < -0.39 is 0 Å². The maximum atomic E-state index is 12.2. The molecule has 0 saturated carbocycles.